The van der Waals surface area contributed by atoms with Crippen molar-refractivity contribution in [1.82, 2.24) is 9.78 Å². The fourth-order valence-corrected chi connectivity index (χ4v) is 3.83. The van der Waals surface area contributed by atoms with Crippen LogP contribution < -0.4 is 5.32 Å². The summed E-state index contributed by atoms with van der Waals surface area (Å²) in [5.41, 5.74) is -0.0721. The van der Waals surface area contributed by atoms with Crippen molar-refractivity contribution in [2.24, 2.45) is 5.92 Å². The average Bonchev–Trinajstić information content (AvgIpc) is 2.69. The lowest BCUT2D eigenvalue weighted by Gasteiger charge is -2.34. The fourth-order valence-electron chi connectivity index (χ4n) is 3.83. The Bertz CT molecular complexity index is 724. The van der Waals surface area contributed by atoms with E-state index in [1.165, 1.54) is 4.68 Å². The monoisotopic (exact) mass is 391 g/mol. The Morgan fingerprint density at radius 1 is 1.22 bits per heavy atom. The molecule has 0 spiro atoms. The molecule has 1 aromatic heterocycles. The van der Waals surface area contributed by atoms with Crippen LogP contribution in [-0.2, 0) is 11.3 Å². The molecule has 2 saturated carbocycles. The lowest BCUT2D eigenvalue weighted by Crippen LogP contribution is -2.37. The van der Waals surface area contributed by atoms with Gasteiger partial charge in [0.2, 0.25) is 17.8 Å². The Hall–Kier alpha value is -1.64. The van der Waals surface area contributed by atoms with Gasteiger partial charge in [0.15, 0.2) is 0 Å². The molecule has 0 atom stereocenters. The Kier molecular flexibility index (Phi) is 4.81. The van der Waals surface area contributed by atoms with Crippen molar-refractivity contribution in [3.63, 3.8) is 0 Å². The van der Waals surface area contributed by atoms with Gasteiger partial charge < -0.3 is 10.4 Å². The average molecular weight is 391 g/mol. The highest BCUT2D eigenvalue weighted by Gasteiger charge is 2.48. The van der Waals surface area contributed by atoms with E-state index in [-0.39, 0.29) is 44.6 Å². The zero-order valence-electron chi connectivity index (χ0n) is 15.7. The van der Waals surface area contributed by atoms with E-state index in [4.69, 9.17) is 0 Å². The first kappa shape index (κ1) is 20.1. The summed E-state index contributed by atoms with van der Waals surface area (Å²) in [6.07, 6.45) is -1.22. The molecule has 3 rings (SSSR count). The molecule has 0 aliphatic heterocycles. The Morgan fingerprint density at radius 2 is 1.78 bits per heavy atom. The molecule has 0 aromatic carbocycles. The van der Waals surface area contributed by atoms with Crippen LogP contribution in [0.5, 0.6) is 0 Å². The summed E-state index contributed by atoms with van der Waals surface area (Å²) in [7, 11) is 0. The van der Waals surface area contributed by atoms with Crippen LogP contribution in [0.25, 0.3) is 0 Å². The highest BCUT2D eigenvalue weighted by atomic mass is 19.3. The topological polar surface area (TPSA) is 67.2 Å². The summed E-state index contributed by atoms with van der Waals surface area (Å²) in [6, 6.07) is 0. The van der Waals surface area contributed by atoms with Gasteiger partial charge in [-0.1, -0.05) is 0 Å². The number of aliphatic hydroxyl groups is 1. The van der Waals surface area contributed by atoms with Crippen LogP contribution in [0.1, 0.15) is 63.1 Å². The molecule has 2 aliphatic rings. The van der Waals surface area contributed by atoms with Gasteiger partial charge in [-0.2, -0.15) is 5.10 Å². The zero-order chi connectivity index (χ0) is 20.2. The summed E-state index contributed by atoms with van der Waals surface area (Å²) in [5.74, 6) is -6.23. The molecule has 2 N–H and O–H groups in total. The number of hydrogen-bond acceptors (Lipinski definition) is 3. The third-order valence-electron chi connectivity index (χ3n) is 5.15. The van der Waals surface area contributed by atoms with Crippen molar-refractivity contribution in [2.45, 2.75) is 82.8 Å². The molecular weight excluding hydrogens is 366 g/mol. The third kappa shape index (κ3) is 4.62. The van der Waals surface area contributed by atoms with Gasteiger partial charge in [0.25, 0.3) is 0 Å². The number of alkyl halides is 4. The van der Waals surface area contributed by atoms with Gasteiger partial charge in [-0.25, -0.2) is 22.2 Å². The Labute approximate surface area is 155 Å². The number of amides is 1. The highest BCUT2D eigenvalue weighted by Crippen LogP contribution is 2.49. The maximum atomic E-state index is 13.2. The van der Waals surface area contributed by atoms with Crippen LogP contribution in [0, 0.1) is 12.8 Å². The first-order chi connectivity index (χ1) is 12.2. The van der Waals surface area contributed by atoms with E-state index in [9.17, 15) is 27.5 Å². The van der Waals surface area contributed by atoms with E-state index >= 15 is 0 Å². The molecule has 5 nitrogen and oxygen atoms in total. The molecule has 0 unspecified atom stereocenters. The Balaban J connectivity index is 1.75. The highest BCUT2D eigenvalue weighted by molar-refractivity contribution is 5.91. The predicted octanol–water partition coefficient (Wildman–Crippen LogP) is 3.85. The van der Waals surface area contributed by atoms with Gasteiger partial charge in [0, 0.05) is 43.6 Å². The number of carbonyl (C=O) groups excluding carboxylic acids is 1. The molecular formula is C18H25F4N3O2. The minimum Gasteiger partial charge on any atom is -0.389 e. The van der Waals surface area contributed by atoms with E-state index in [0.29, 0.717) is 17.1 Å². The molecule has 27 heavy (non-hydrogen) atoms. The Morgan fingerprint density at radius 3 is 2.26 bits per heavy atom. The van der Waals surface area contributed by atoms with Gasteiger partial charge >= 0.3 is 0 Å². The van der Waals surface area contributed by atoms with Crippen molar-refractivity contribution < 1.29 is 27.5 Å². The number of hydrogen-bond donors (Lipinski definition) is 2. The van der Waals surface area contributed by atoms with E-state index < -0.39 is 29.3 Å². The summed E-state index contributed by atoms with van der Waals surface area (Å²) in [5, 5.41) is 17.1. The smallest absolute Gasteiger partial charge is 0.249 e. The van der Waals surface area contributed by atoms with Gasteiger partial charge in [-0.05, 0) is 26.7 Å². The minimum atomic E-state index is -2.70. The fraction of sp³-hybridized carbons (Fsp3) is 0.778. The number of aromatic nitrogens is 2. The number of nitrogens with zero attached hydrogens (tertiary/aromatic N) is 2. The van der Waals surface area contributed by atoms with Gasteiger partial charge in [0.05, 0.1) is 17.8 Å². The number of anilines is 1. The third-order valence-corrected chi connectivity index (χ3v) is 5.15. The first-order valence-corrected chi connectivity index (χ1v) is 9.10. The summed E-state index contributed by atoms with van der Waals surface area (Å²) in [6.45, 7) is 4.90. The maximum Gasteiger partial charge on any atom is 0.249 e. The molecule has 2 aliphatic carbocycles. The van der Waals surface area contributed by atoms with E-state index in [1.54, 1.807) is 20.8 Å². The largest absolute Gasteiger partial charge is 0.389 e. The molecule has 2 fully saturated rings. The van der Waals surface area contributed by atoms with E-state index in [1.807, 2.05) is 0 Å². The van der Waals surface area contributed by atoms with Crippen LogP contribution in [-0.4, -0.2) is 38.2 Å². The van der Waals surface area contributed by atoms with Crippen molar-refractivity contribution in [3.8, 4) is 0 Å². The lowest BCUT2D eigenvalue weighted by molar-refractivity contribution is -0.129. The van der Waals surface area contributed by atoms with E-state index in [2.05, 4.69) is 10.4 Å². The van der Waals surface area contributed by atoms with Crippen LogP contribution in [0.2, 0.25) is 0 Å². The summed E-state index contributed by atoms with van der Waals surface area (Å²) in [4.78, 5) is 12.3. The second kappa shape index (κ2) is 6.46. The van der Waals surface area contributed by atoms with Gasteiger partial charge in [-0.15, -0.1) is 0 Å². The van der Waals surface area contributed by atoms with Crippen molar-refractivity contribution >= 4 is 11.7 Å². The molecule has 1 amide bonds. The molecule has 0 saturated heterocycles. The quantitative estimate of drug-likeness (QED) is 0.724. The number of halogens is 4. The molecule has 9 heteroatoms. The number of carbonyl (C=O) groups is 1. The SMILES string of the molecule is Cc1c(C2CC(F)(F)C2)nn(CC(C)(C)O)c1NC(=O)CC1CC(F)(F)C1. The van der Waals surface area contributed by atoms with Crippen LogP contribution in [0.4, 0.5) is 23.4 Å². The maximum absolute atomic E-state index is 13.2. The predicted molar refractivity (Wildman–Crippen MR) is 91.1 cm³/mol. The zero-order valence-corrected chi connectivity index (χ0v) is 15.7. The minimum absolute atomic E-state index is 0.0282. The number of rotatable bonds is 6. The summed E-state index contributed by atoms with van der Waals surface area (Å²) >= 11 is 0. The standard InChI is InChI=1S/C18H25F4N3O2/c1-10-14(12-7-18(21,22)8-12)24-25(9-16(2,3)27)15(10)23-13(26)4-11-5-17(19,20)6-11/h11-12,27H,4-9H2,1-3H3,(H,23,26). The van der Waals surface area contributed by atoms with Crippen molar-refractivity contribution in [1.29, 1.82) is 0 Å². The van der Waals surface area contributed by atoms with Crippen molar-refractivity contribution in [3.05, 3.63) is 11.3 Å². The van der Waals surface area contributed by atoms with Crippen LogP contribution >= 0.6 is 0 Å². The molecule has 1 aromatic rings. The van der Waals surface area contributed by atoms with Crippen molar-refractivity contribution in [2.75, 3.05) is 5.32 Å². The summed E-state index contributed by atoms with van der Waals surface area (Å²) < 4.78 is 53.8. The second-order valence-corrected chi connectivity index (χ2v) is 8.67. The number of nitrogens with one attached hydrogen (secondary N) is 1. The van der Waals surface area contributed by atoms with Gasteiger partial charge in [-0.3, -0.25) is 4.79 Å². The van der Waals surface area contributed by atoms with Crippen LogP contribution in [0.3, 0.4) is 0 Å². The second-order valence-electron chi connectivity index (χ2n) is 8.67. The molecule has 1 heterocycles. The van der Waals surface area contributed by atoms with Crippen LogP contribution in [0.15, 0.2) is 0 Å². The lowest BCUT2D eigenvalue weighted by atomic mass is 9.78. The first-order valence-electron chi connectivity index (χ1n) is 9.10. The molecule has 0 bridgehead atoms. The van der Waals surface area contributed by atoms with Gasteiger partial charge in [0.1, 0.15) is 5.82 Å². The normalized spacial score (nSPS) is 22.2. The molecule has 152 valence electrons. The van der Waals surface area contributed by atoms with E-state index in [0.717, 1.165) is 0 Å². The molecule has 0 radical (unpaired) electrons.